The predicted molar refractivity (Wildman–Crippen MR) is 137 cm³/mol. The van der Waals surface area contributed by atoms with Crippen molar-refractivity contribution in [2.24, 2.45) is 27.2 Å². The zero-order valence-corrected chi connectivity index (χ0v) is 26.8. The standard InChI is InChI=1S/C22H28N8OS2.HI.Zn/c1-15(26-28-21(32)23-2)19(27-29-22(33)24-3)17-9-7-16(8-10-17)11-12-25-20(31)18-6-5-13-30(4)14-18;;/h5-10,13-14H,11-12H2,1-4H3,(H4-,23,24,25,26,27,28,29,31,32,33);1H;/q;;+2/p-2. The maximum absolute atomic E-state index is 12.3. The van der Waals surface area contributed by atoms with Gasteiger partial charge >= 0.3 is 19.5 Å². The number of benzene rings is 1. The summed E-state index contributed by atoms with van der Waals surface area (Å²) in [5, 5.41) is 12.1. The number of hydrogen-bond donors (Lipinski definition) is 3. The average Bonchev–Trinajstić information content (AvgIpc) is 2.83. The van der Waals surface area contributed by atoms with Gasteiger partial charge in [0.2, 0.25) is 0 Å². The van der Waals surface area contributed by atoms with E-state index in [4.69, 9.17) is 25.3 Å². The van der Waals surface area contributed by atoms with E-state index in [9.17, 15) is 4.79 Å². The van der Waals surface area contributed by atoms with Crippen LogP contribution in [0.25, 0.3) is 0 Å². The number of hydrogen-bond acceptors (Lipinski definition) is 7. The second kappa shape index (κ2) is 17.4. The number of rotatable bonds is 8. The maximum atomic E-state index is 12.3. The third kappa shape index (κ3) is 11.5. The van der Waals surface area contributed by atoms with Crippen molar-refractivity contribution < 1.29 is 52.8 Å². The fourth-order valence-electron chi connectivity index (χ4n) is 2.72. The number of carbonyl (C=O) groups excluding carboxylic acids is 1. The molecule has 0 radical (unpaired) electrons. The fraction of sp³-hybridized carbons (Fsp3) is 0.273. The first kappa shape index (κ1) is 32.9. The minimum Gasteiger partial charge on any atom is -1.00 e. The van der Waals surface area contributed by atoms with Crippen molar-refractivity contribution in [3.05, 3.63) is 65.5 Å². The van der Waals surface area contributed by atoms with Crippen molar-refractivity contribution in [3.8, 4) is 0 Å². The van der Waals surface area contributed by atoms with Gasteiger partial charge in [-0.25, -0.2) is 4.57 Å². The Balaban J connectivity index is 0.00000578. The summed E-state index contributed by atoms with van der Waals surface area (Å²) in [6, 6.07) is 11.5. The molecule has 0 aliphatic rings. The van der Waals surface area contributed by atoms with E-state index in [0.717, 1.165) is 11.1 Å². The fourth-order valence-corrected chi connectivity index (χ4v) is 2.81. The van der Waals surface area contributed by atoms with E-state index in [2.05, 4.69) is 36.4 Å². The molecule has 9 nitrogen and oxygen atoms in total. The number of amidine groups is 2. The molecular formula is C22H27IN8OS2Zn. The number of hydrazone groups is 2. The van der Waals surface area contributed by atoms with Gasteiger partial charge in [0.1, 0.15) is 18.3 Å². The summed E-state index contributed by atoms with van der Waals surface area (Å²) in [7, 11) is 5.05. The molecule has 2 rings (SSSR count). The van der Waals surface area contributed by atoms with Crippen LogP contribution in [0.5, 0.6) is 0 Å². The maximum Gasteiger partial charge on any atom is 2.00 e. The molecule has 1 aromatic carbocycles. The summed E-state index contributed by atoms with van der Waals surface area (Å²) in [4.78, 5) is 20.0. The quantitative estimate of drug-likeness (QED) is 0.0561. The molecule has 3 N–H and O–H groups in total. The van der Waals surface area contributed by atoms with Crippen molar-refractivity contribution in [2.75, 3.05) is 20.6 Å². The molecule has 0 fully saturated rings. The van der Waals surface area contributed by atoms with Crippen molar-refractivity contribution in [1.29, 1.82) is 0 Å². The Labute approximate surface area is 247 Å². The molecule has 1 heterocycles. The van der Waals surface area contributed by atoms with Gasteiger partial charge in [-0.05, 0) is 35.3 Å². The van der Waals surface area contributed by atoms with Crippen molar-refractivity contribution >= 4 is 52.9 Å². The molecule has 0 aliphatic heterocycles. The van der Waals surface area contributed by atoms with Gasteiger partial charge in [-0.3, -0.25) is 25.6 Å². The molecule has 2 aromatic rings. The Morgan fingerprint density at radius 2 is 1.57 bits per heavy atom. The molecule has 182 valence electrons. The number of aliphatic imine (C=N–C) groups is 2. The first-order chi connectivity index (χ1) is 15.8. The minimum atomic E-state index is -0.100. The summed E-state index contributed by atoms with van der Waals surface area (Å²) in [5.74, 6) is -0.100. The zero-order chi connectivity index (χ0) is 24.2. The third-order valence-corrected chi connectivity index (χ3v) is 5.01. The first-order valence-corrected chi connectivity index (χ1v) is 10.9. The average molecular weight is 676 g/mol. The van der Waals surface area contributed by atoms with E-state index in [0.29, 0.717) is 30.0 Å². The molecule has 0 atom stereocenters. The number of nitrogens with zero attached hydrogens (tertiary/aromatic N) is 5. The van der Waals surface area contributed by atoms with Crippen LogP contribution in [0.1, 0.15) is 28.4 Å². The SMILES string of the molecule is CN=C([S-])N/N=C(\C(C)=N\NC([S-])=NC)c1ccc(CCNC(=O)c2ccc[n+](C)c2)cc1.[I-].[Zn+2]. The number of aryl methyl sites for hydroxylation is 1. The smallest absolute Gasteiger partial charge is 1.00 e. The number of nitrogens with one attached hydrogen (secondary N) is 3. The normalized spacial score (nSPS) is 12.2. The van der Waals surface area contributed by atoms with Gasteiger partial charge in [0.15, 0.2) is 12.4 Å². The van der Waals surface area contributed by atoms with Crippen LogP contribution in [0, 0.1) is 0 Å². The van der Waals surface area contributed by atoms with E-state index in [1.807, 2.05) is 48.1 Å². The Hall–Kier alpha value is -2.09. The summed E-state index contributed by atoms with van der Waals surface area (Å²) in [6.07, 6.45) is 4.36. The van der Waals surface area contributed by atoms with Gasteiger partial charge in [-0.1, -0.05) is 24.3 Å². The second-order valence-electron chi connectivity index (χ2n) is 6.90. The van der Waals surface area contributed by atoms with E-state index >= 15 is 0 Å². The predicted octanol–water partition coefficient (Wildman–Crippen LogP) is -2.19. The number of carbonyl (C=O) groups is 1. The van der Waals surface area contributed by atoms with Gasteiger partial charge in [0, 0.05) is 32.3 Å². The third-order valence-electron chi connectivity index (χ3n) is 4.46. The topological polar surface area (TPSA) is 106 Å². The van der Waals surface area contributed by atoms with E-state index in [1.165, 1.54) is 0 Å². The first-order valence-electron chi connectivity index (χ1n) is 10.1. The Morgan fingerprint density at radius 3 is 2.14 bits per heavy atom. The molecule has 1 aromatic heterocycles. The number of amides is 1. The summed E-state index contributed by atoms with van der Waals surface area (Å²) >= 11 is 10.1. The van der Waals surface area contributed by atoms with Crippen LogP contribution < -0.4 is 44.7 Å². The van der Waals surface area contributed by atoms with Gasteiger partial charge in [0.25, 0.3) is 5.91 Å². The molecule has 0 bridgehead atoms. The van der Waals surface area contributed by atoms with Gasteiger partial charge in [-0.2, -0.15) is 10.2 Å². The molecular weight excluding hydrogens is 649 g/mol. The summed E-state index contributed by atoms with van der Waals surface area (Å²) in [6.45, 7) is 2.32. The van der Waals surface area contributed by atoms with E-state index < -0.39 is 0 Å². The largest absolute Gasteiger partial charge is 2.00 e. The van der Waals surface area contributed by atoms with Crippen LogP contribution in [0.3, 0.4) is 0 Å². The van der Waals surface area contributed by atoms with E-state index in [-0.39, 0.29) is 59.7 Å². The van der Waals surface area contributed by atoms with Crippen molar-refractivity contribution in [1.82, 2.24) is 16.2 Å². The number of aromatic nitrogens is 1. The molecule has 13 heteroatoms. The summed E-state index contributed by atoms with van der Waals surface area (Å²) in [5.41, 5.74) is 9.11. The van der Waals surface area contributed by atoms with E-state index in [1.54, 1.807) is 33.3 Å². The molecule has 0 saturated carbocycles. The van der Waals surface area contributed by atoms with Crippen LogP contribution in [0.2, 0.25) is 0 Å². The van der Waals surface area contributed by atoms with Crippen LogP contribution in [-0.4, -0.2) is 48.3 Å². The molecule has 0 unspecified atom stereocenters. The van der Waals surface area contributed by atoms with Crippen molar-refractivity contribution in [2.45, 2.75) is 13.3 Å². The van der Waals surface area contributed by atoms with Gasteiger partial charge in [0.05, 0.1) is 5.71 Å². The zero-order valence-electron chi connectivity index (χ0n) is 20.1. The Morgan fingerprint density at radius 1 is 0.971 bits per heavy atom. The monoisotopic (exact) mass is 674 g/mol. The molecule has 1 amide bonds. The second-order valence-corrected chi connectivity index (χ2v) is 7.67. The number of pyridine rings is 1. The summed E-state index contributed by atoms with van der Waals surface area (Å²) < 4.78 is 1.84. The molecule has 0 spiro atoms. The van der Waals surface area contributed by atoms with Crippen LogP contribution in [0.4, 0.5) is 0 Å². The van der Waals surface area contributed by atoms with Crippen LogP contribution >= 0.6 is 0 Å². The van der Waals surface area contributed by atoms with Gasteiger partial charge < -0.3 is 54.6 Å². The van der Waals surface area contributed by atoms with Crippen LogP contribution in [0.15, 0.2) is 69.0 Å². The Kier molecular flexibility index (Phi) is 16.3. The molecule has 35 heavy (non-hydrogen) atoms. The molecule has 0 aliphatic carbocycles. The molecule has 0 saturated heterocycles. The van der Waals surface area contributed by atoms with Crippen LogP contribution in [-0.2, 0) is 58.2 Å². The minimum absolute atomic E-state index is 0. The number of halogens is 1. The van der Waals surface area contributed by atoms with Gasteiger partial charge in [-0.15, -0.1) is 0 Å². The van der Waals surface area contributed by atoms with Crippen molar-refractivity contribution in [3.63, 3.8) is 0 Å². The Bertz CT molecular complexity index is 1090.